The van der Waals surface area contributed by atoms with Gasteiger partial charge in [-0.25, -0.2) is 0 Å². The number of rotatable bonds is 9. The molecule has 0 aliphatic carbocycles. The molecule has 0 fully saturated rings. The lowest BCUT2D eigenvalue weighted by molar-refractivity contribution is 0.397. The maximum atomic E-state index is 3.07. The first-order valence-electron chi connectivity index (χ1n) is 9.48. The van der Waals surface area contributed by atoms with Crippen LogP contribution in [0.1, 0.15) is 62.3 Å². The second-order valence-corrected chi connectivity index (χ2v) is 19.8. The van der Waals surface area contributed by atoms with Crippen molar-refractivity contribution in [2.24, 2.45) is 0 Å². The summed E-state index contributed by atoms with van der Waals surface area (Å²) in [5.74, 6) is 0. The molecular weight excluding hydrogens is 314 g/mol. The number of hydrogen-bond donors (Lipinski definition) is 0. The van der Waals surface area contributed by atoms with Crippen LogP contribution in [0, 0.1) is 0 Å². The van der Waals surface area contributed by atoms with Crippen LogP contribution in [-0.2, 0) is 0 Å². The molecule has 0 radical (unpaired) electrons. The van der Waals surface area contributed by atoms with Crippen molar-refractivity contribution in [3.8, 4) is 0 Å². The van der Waals surface area contributed by atoms with Crippen LogP contribution in [0.2, 0.25) is 22.2 Å². The number of hydrogen-bond acceptors (Lipinski definition) is 3. The smallest absolute Gasteiger partial charge is 0.205 e. The monoisotopic (exact) mass is 359 g/mol. The van der Waals surface area contributed by atoms with Crippen molar-refractivity contribution in [2.75, 3.05) is 34.7 Å². The van der Waals surface area contributed by atoms with Crippen LogP contribution in [-0.4, -0.2) is 64.9 Å². The average Bonchev–Trinajstić information content (AvgIpc) is 2.35. The Kier molecular flexibility index (Phi) is 8.73. The van der Waals surface area contributed by atoms with E-state index in [1.54, 1.807) is 0 Å². The van der Waals surface area contributed by atoms with E-state index in [-0.39, 0.29) is 0 Å². The third-order valence-corrected chi connectivity index (χ3v) is 20.2. The molecule has 23 heavy (non-hydrogen) atoms. The van der Waals surface area contributed by atoms with Gasteiger partial charge in [0.15, 0.2) is 0 Å². The fourth-order valence-electron chi connectivity index (χ4n) is 5.92. The highest BCUT2D eigenvalue weighted by Crippen LogP contribution is 2.46. The zero-order valence-electron chi connectivity index (χ0n) is 18.4. The van der Waals surface area contributed by atoms with Gasteiger partial charge in [-0.1, -0.05) is 62.3 Å². The standard InChI is InChI=1S/C18H45N3Si2/c1-14-21(22(15(2)3,16(4)5)19(10)11)23(17(6)7,18(8)9)20(12)13/h15-18H,14H2,1-13H3. The summed E-state index contributed by atoms with van der Waals surface area (Å²) in [7, 11) is 5.76. The topological polar surface area (TPSA) is 9.72 Å². The van der Waals surface area contributed by atoms with Gasteiger partial charge in [0, 0.05) is 0 Å². The van der Waals surface area contributed by atoms with Crippen LogP contribution in [0.4, 0.5) is 0 Å². The minimum absolute atomic E-state index is 0.710. The summed E-state index contributed by atoms with van der Waals surface area (Å²) in [4.78, 5) is 0. The Morgan fingerprint density at radius 2 is 0.783 bits per heavy atom. The lowest BCUT2D eigenvalue weighted by Crippen LogP contribution is -2.80. The van der Waals surface area contributed by atoms with Gasteiger partial charge in [0.25, 0.3) is 0 Å². The first kappa shape index (κ1) is 23.3. The van der Waals surface area contributed by atoms with Gasteiger partial charge in [-0.15, -0.1) is 0 Å². The molecule has 0 spiro atoms. The highest BCUT2D eigenvalue weighted by atomic mass is 28.4. The zero-order chi connectivity index (χ0) is 18.7. The third kappa shape index (κ3) is 3.64. The molecule has 0 atom stereocenters. The van der Waals surface area contributed by atoms with Crippen LogP contribution >= 0.6 is 0 Å². The van der Waals surface area contributed by atoms with Crippen molar-refractivity contribution in [1.82, 2.24) is 13.4 Å². The van der Waals surface area contributed by atoms with Crippen molar-refractivity contribution in [3.63, 3.8) is 0 Å². The molecule has 0 N–H and O–H groups in total. The molecule has 0 aliphatic heterocycles. The molecule has 0 unspecified atom stereocenters. The largest absolute Gasteiger partial charge is 0.321 e. The Labute approximate surface area is 149 Å². The van der Waals surface area contributed by atoms with E-state index in [4.69, 9.17) is 0 Å². The van der Waals surface area contributed by atoms with Crippen LogP contribution in [0.15, 0.2) is 0 Å². The molecule has 0 amide bonds. The van der Waals surface area contributed by atoms with E-state index in [9.17, 15) is 0 Å². The minimum atomic E-state index is -1.79. The first-order valence-corrected chi connectivity index (χ1v) is 13.6. The van der Waals surface area contributed by atoms with Crippen molar-refractivity contribution in [2.45, 2.75) is 84.5 Å². The molecule has 0 saturated carbocycles. The van der Waals surface area contributed by atoms with Crippen LogP contribution in [0.5, 0.6) is 0 Å². The predicted octanol–water partition coefficient (Wildman–Crippen LogP) is 4.96. The van der Waals surface area contributed by atoms with Gasteiger partial charge in [0.2, 0.25) is 16.8 Å². The molecule has 140 valence electrons. The summed E-state index contributed by atoms with van der Waals surface area (Å²) in [6.45, 7) is 23.3. The fraction of sp³-hybridized carbons (Fsp3) is 1.00. The van der Waals surface area contributed by atoms with E-state index in [2.05, 4.69) is 104 Å². The molecule has 0 aromatic carbocycles. The van der Waals surface area contributed by atoms with E-state index >= 15 is 0 Å². The van der Waals surface area contributed by atoms with E-state index in [0.717, 1.165) is 0 Å². The Bertz CT molecular complexity index is 277. The third-order valence-electron chi connectivity index (χ3n) is 6.01. The first-order chi connectivity index (χ1) is 10.4. The maximum Gasteiger partial charge on any atom is 0.205 e. The molecule has 5 heteroatoms. The summed E-state index contributed by atoms with van der Waals surface area (Å²) in [5, 5.41) is 0. The quantitative estimate of drug-likeness (QED) is 0.539. The molecule has 3 nitrogen and oxygen atoms in total. The Balaban J connectivity index is 6.68. The van der Waals surface area contributed by atoms with E-state index in [1.165, 1.54) is 6.54 Å². The second kappa shape index (κ2) is 8.61. The molecule has 0 aromatic rings. The SMILES string of the molecule is CCN([Si](C(C)C)(C(C)C)N(C)C)[Si](C(C)C)(C(C)C)N(C)C. The van der Waals surface area contributed by atoms with Gasteiger partial charge in [0.05, 0.1) is 0 Å². The summed E-state index contributed by atoms with van der Waals surface area (Å²) < 4.78 is 8.36. The summed E-state index contributed by atoms with van der Waals surface area (Å²) in [5.41, 5.74) is 2.84. The van der Waals surface area contributed by atoms with Gasteiger partial charge >= 0.3 is 0 Å². The van der Waals surface area contributed by atoms with Gasteiger partial charge in [0.1, 0.15) is 0 Å². The second-order valence-electron chi connectivity index (χ2n) is 8.72. The van der Waals surface area contributed by atoms with Gasteiger partial charge < -0.3 is 13.4 Å². The lowest BCUT2D eigenvalue weighted by atomic mass is 10.5. The van der Waals surface area contributed by atoms with Crippen LogP contribution < -0.4 is 0 Å². The van der Waals surface area contributed by atoms with E-state index in [1.807, 2.05) is 0 Å². The summed E-state index contributed by atoms with van der Waals surface area (Å²) in [6.07, 6.45) is 0. The molecule has 0 aliphatic rings. The van der Waals surface area contributed by atoms with Crippen LogP contribution in [0.25, 0.3) is 0 Å². The van der Waals surface area contributed by atoms with Crippen molar-refractivity contribution in [1.29, 1.82) is 0 Å². The van der Waals surface area contributed by atoms with Crippen molar-refractivity contribution < 1.29 is 0 Å². The average molecular weight is 360 g/mol. The van der Waals surface area contributed by atoms with E-state index < -0.39 is 16.8 Å². The molecule has 0 aromatic heterocycles. The zero-order valence-corrected chi connectivity index (χ0v) is 20.4. The number of nitrogens with zero attached hydrogens (tertiary/aromatic N) is 3. The molecule has 0 rings (SSSR count). The fourth-order valence-corrected chi connectivity index (χ4v) is 23.8. The predicted molar refractivity (Wildman–Crippen MR) is 112 cm³/mol. The molecule has 0 bridgehead atoms. The van der Waals surface area contributed by atoms with Crippen molar-refractivity contribution >= 4 is 16.8 Å². The lowest BCUT2D eigenvalue weighted by Gasteiger charge is -2.62. The molecule has 0 heterocycles. The van der Waals surface area contributed by atoms with Gasteiger partial charge in [-0.05, 0) is 56.9 Å². The Morgan fingerprint density at radius 3 is 0.870 bits per heavy atom. The maximum absolute atomic E-state index is 3.07. The van der Waals surface area contributed by atoms with Gasteiger partial charge in [-0.3, -0.25) is 0 Å². The Morgan fingerprint density at radius 1 is 0.565 bits per heavy atom. The van der Waals surface area contributed by atoms with Crippen LogP contribution in [0.3, 0.4) is 0 Å². The minimum Gasteiger partial charge on any atom is -0.321 e. The summed E-state index contributed by atoms with van der Waals surface area (Å²) >= 11 is 0. The molecule has 0 saturated heterocycles. The molecular formula is C18H45N3Si2. The normalized spacial score (nSPS) is 14.6. The van der Waals surface area contributed by atoms with Gasteiger partial charge in [-0.2, -0.15) is 0 Å². The van der Waals surface area contributed by atoms with Crippen molar-refractivity contribution in [3.05, 3.63) is 0 Å². The highest BCUT2D eigenvalue weighted by Gasteiger charge is 2.59. The summed E-state index contributed by atoms with van der Waals surface area (Å²) in [6, 6.07) is 0. The van der Waals surface area contributed by atoms with E-state index in [0.29, 0.717) is 22.2 Å². The highest BCUT2D eigenvalue weighted by molar-refractivity contribution is 6.92. The Hall–Kier alpha value is 0.314.